The maximum Gasteiger partial charge on any atom is 0.347 e. The lowest BCUT2D eigenvalue weighted by atomic mass is 10.0. The molecule has 0 N–H and O–H groups in total. The van der Waals surface area contributed by atoms with Crippen LogP contribution in [0.3, 0.4) is 0 Å². The molecule has 2 heterocycles. The summed E-state index contributed by atoms with van der Waals surface area (Å²) in [6.45, 7) is 5.32. The quantitative estimate of drug-likeness (QED) is 0.259. The van der Waals surface area contributed by atoms with Crippen molar-refractivity contribution in [3.63, 3.8) is 0 Å². The highest BCUT2D eigenvalue weighted by Crippen LogP contribution is 2.32. The summed E-state index contributed by atoms with van der Waals surface area (Å²) in [5.74, 6) is 0.706. The topological polar surface area (TPSA) is 96.6 Å². The number of fused-ring (bicyclic) bond motifs is 2. The molecule has 0 saturated carbocycles. The first-order valence-corrected chi connectivity index (χ1v) is 9.67. The van der Waals surface area contributed by atoms with Gasteiger partial charge in [0.2, 0.25) is 13.4 Å². The maximum absolute atomic E-state index is 12.1. The molecule has 0 bridgehead atoms. The Morgan fingerprint density at radius 1 is 1.10 bits per heavy atom. The fourth-order valence-corrected chi connectivity index (χ4v) is 3.20. The van der Waals surface area contributed by atoms with Gasteiger partial charge in [-0.15, -0.1) is 0 Å². The summed E-state index contributed by atoms with van der Waals surface area (Å²) in [7, 11) is 0. The van der Waals surface area contributed by atoms with Gasteiger partial charge in [-0.3, -0.25) is 0 Å². The molecule has 3 aromatic rings. The van der Waals surface area contributed by atoms with Gasteiger partial charge in [0.05, 0.1) is 5.71 Å². The van der Waals surface area contributed by atoms with E-state index in [0.29, 0.717) is 28.4 Å². The Labute approximate surface area is 178 Å². The molecule has 0 aliphatic carbocycles. The van der Waals surface area contributed by atoms with Gasteiger partial charge >= 0.3 is 11.6 Å². The van der Waals surface area contributed by atoms with E-state index in [1.807, 2.05) is 32.0 Å². The highest BCUT2D eigenvalue weighted by atomic mass is 16.7. The fraction of sp³-hybridized carbons (Fsp3) is 0.261. The third kappa shape index (κ3) is 4.37. The molecule has 1 aliphatic heterocycles. The number of benzene rings is 2. The predicted octanol–water partition coefficient (Wildman–Crippen LogP) is 3.62. The van der Waals surface area contributed by atoms with E-state index < -0.39 is 11.6 Å². The van der Waals surface area contributed by atoms with Crippen LogP contribution in [-0.2, 0) is 21.0 Å². The van der Waals surface area contributed by atoms with Gasteiger partial charge < -0.3 is 23.5 Å². The van der Waals surface area contributed by atoms with Gasteiger partial charge in [0, 0.05) is 22.6 Å². The van der Waals surface area contributed by atoms with Crippen molar-refractivity contribution in [1.29, 1.82) is 0 Å². The van der Waals surface area contributed by atoms with Gasteiger partial charge in [0.15, 0.2) is 11.5 Å². The number of aryl methyl sites for hydroxylation is 2. The molecular formula is C23H21NO7. The van der Waals surface area contributed by atoms with Crippen LogP contribution in [0.2, 0.25) is 0 Å². The predicted molar refractivity (Wildman–Crippen MR) is 112 cm³/mol. The van der Waals surface area contributed by atoms with Crippen LogP contribution in [-0.4, -0.2) is 25.1 Å². The van der Waals surface area contributed by atoms with E-state index in [1.54, 1.807) is 19.1 Å². The molecule has 1 aliphatic rings. The van der Waals surface area contributed by atoms with E-state index in [9.17, 15) is 9.59 Å². The van der Waals surface area contributed by atoms with Crippen LogP contribution in [0.25, 0.3) is 11.0 Å². The molecule has 0 amide bonds. The SMILES string of the molecule is C/C(=N\OCC(=O)OCc1cc(=O)oc2c(C)c(C)ccc12)c1ccc2c(c1)OCO2. The van der Waals surface area contributed by atoms with Gasteiger partial charge in [-0.1, -0.05) is 17.3 Å². The molecule has 0 unspecified atom stereocenters. The standard InChI is InChI=1S/C23H21NO7/c1-13-4-6-18-17(9-21(25)31-23(18)14(13)2)10-27-22(26)11-30-24-15(3)16-5-7-19-20(8-16)29-12-28-19/h4-9H,10-12H2,1-3H3/b24-15+. The third-order valence-corrected chi connectivity index (χ3v) is 5.08. The summed E-state index contributed by atoms with van der Waals surface area (Å²) in [4.78, 5) is 29.1. The summed E-state index contributed by atoms with van der Waals surface area (Å²) < 4.78 is 21.2. The molecule has 8 nitrogen and oxygen atoms in total. The van der Waals surface area contributed by atoms with Crippen molar-refractivity contribution >= 4 is 22.7 Å². The molecule has 0 atom stereocenters. The van der Waals surface area contributed by atoms with Crippen molar-refractivity contribution in [3.8, 4) is 11.5 Å². The summed E-state index contributed by atoms with van der Waals surface area (Å²) in [5.41, 5.74) is 3.82. The minimum atomic E-state index is -0.604. The molecule has 0 fully saturated rings. The van der Waals surface area contributed by atoms with Gasteiger partial charge in [0.1, 0.15) is 12.2 Å². The Hall–Kier alpha value is -3.81. The first-order valence-electron chi connectivity index (χ1n) is 9.67. The molecular weight excluding hydrogens is 402 g/mol. The van der Waals surface area contributed by atoms with E-state index >= 15 is 0 Å². The molecule has 4 rings (SSSR count). The van der Waals surface area contributed by atoms with Crippen molar-refractivity contribution in [2.75, 3.05) is 13.4 Å². The maximum atomic E-state index is 12.1. The smallest absolute Gasteiger partial charge is 0.347 e. The Morgan fingerprint density at radius 3 is 2.74 bits per heavy atom. The van der Waals surface area contributed by atoms with E-state index in [4.69, 9.17) is 23.5 Å². The average molecular weight is 423 g/mol. The number of carbonyl (C=O) groups excluding carboxylic acids is 1. The molecule has 0 saturated heterocycles. The number of carbonyl (C=O) groups is 1. The highest BCUT2D eigenvalue weighted by molar-refractivity contribution is 5.99. The monoisotopic (exact) mass is 423 g/mol. The lowest BCUT2D eigenvalue weighted by Crippen LogP contribution is -2.13. The summed E-state index contributed by atoms with van der Waals surface area (Å²) in [5, 5.41) is 4.68. The molecule has 2 aromatic carbocycles. The van der Waals surface area contributed by atoms with Crippen LogP contribution >= 0.6 is 0 Å². The van der Waals surface area contributed by atoms with Crippen LogP contribution < -0.4 is 15.1 Å². The van der Waals surface area contributed by atoms with E-state index in [1.165, 1.54) is 6.07 Å². The molecule has 0 spiro atoms. The fourth-order valence-electron chi connectivity index (χ4n) is 3.20. The normalized spacial score (nSPS) is 12.8. The summed E-state index contributed by atoms with van der Waals surface area (Å²) in [6.07, 6.45) is 0. The Bertz CT molecular complexity index is 1240. The van der Waals surface area contributed by atoms with Crippen LogP contribution in [0.15, 0.2) is 50.8 Å². The molecule has 160 valence electrons. The number of rotatable bonds is 6. The molecule has 0 radical (unpaired) electrons. The number of esters is 1. The molecule has 31 heavy (non-hydrogen) atoms. The van der Waals surface area contributed by atoms with Crippen molar-refractivity contribution in [2.45, 2.75) is 27.4 Å². The minimum Gasteiger partial charge on any atom is -0.458 e. The number of hydrogen-bond donors (Lipinski definition) is 0. The van der Waals surface area contributed by atoms with Crippen molar-refractivity contribution in [1.82, 2.24) is 0 Å². The van der Waals surface area contributed by atoms with Crippen LogP contribution in [0.4, 0.5) is 0 Å². The molecule has 8 heteroatoms. The van der Waals surface area contributed by atoms with Crippen LogP contribution in [0, 0.1) is 13.8 Å². The van der Waals surface area contributed by atoms with Crippen LogP contribution in [0.5, 0.6) is 11.5 Å². The van der Waals surface area contributed by atoms with Gasteiger partial charge in [0.25, 0.3) is 0 Å². The first-order chi connectivity index (χ1) is 14.9. The van der Waals surface area contributed by atoms with Crippen molar-refractivity contribution in [2.24, 2.45) is 5.16 Å². The Morgan fingerprint density at radius 2 is 1.90 bits per heavy atom. The number of nitrogens with zero attached hydrogens (tertiary/aromatic N) is 1. The Kier molecular flexibility index (Phi) is 5.62. The largest absolute Gasteiger partial charge is 0.458 e. The number of oxime groups is 1. The van der Waals surface area contributed by atoms with Gasteiger partial charge in [-0.05, 0) is 50.1 Å². The second kappa shape index (κ2) is 8.51. The van der Waals surface area contributed by atoms with Crippen molar-refractivity contribution in [3.05, 3.63) is 69.1 Å². The van der Waals surface area contributed by atoms with E-state index in [0.717, 1.165) is 22.1 Å². The molecule has 1 aromatic heterocycles. The lowest BCUT2D eigenvalue weighted by Gasteiger charge is -2.09. The van der Waals surface area contributed by atoms with E-state index in [2.05, 4.69) is 5.16 Å². The zero-order valence-electron chi connectivity index (χ0n) is 17.4. The highest BCUT2D eigenvalue weighted by Gasteiger charge is 2.15. The minimum absolute atomic E-state index is 0.0718. The van der Waals surface area contributed by atoms with E-state index in [-0.39, 0.29) is 20.0 Å². The number of ether oxygens (including phenoxy) is 3. The van der Waals surface area contributed by atoms with Gasteiger partial charge in [-0.25, -0.2) is 9.59 Å². The van der Waals surface area contributed by atoms with Crippen LogP contribution in [0.1, 0.15) is 29.2 Å². The second-order valence-corrected chi connectivity index (χ2v) is 7.15. The Balaban J connectivity index is 1.37. The first kappa shape index (κ1) is 20.5. The third-order valence-electron chi connectivity index (χ3n) is 5.08. The van der Waals surface area contributed by atoms with Gasteiger partial charge in [-0.2, -0.15) is 0 Å². The lowest BCUT2D eigenvalue weighted by molar-refractivity contribution is -0.150. The zero-order valence-corrected chi connectivity index (χ0v) is 17.4. The second-order valence-electron chi connectivity index (χ2n) is 7.15. The number of hydrogen-bond acceptors (Lipinski definition) is 8. The summed E-state index contributed by atoms with van der Waals surface area (Å²) >= 11 is 0. The summed E-state index contributed by atoms with van der Waals surface area (Å²) in [6, 6.07) is 10.5. The van der Waals surface area contributed by atoms with Crippen molar-refractivity contribution < 1.29 is 28.3 Å². The average Bonchev–Trinajstić information content (AvgIpc) is 3.22. The zero-order chi connectivity index (χ0) is 22.0.